The molecule has 0 saturated carbocycles. The van der Waals surface area contributed by atoms with E-state index in [0.717, 1.165) is 35.7 Å². The molecule has 0 aliphatic carbocycles. The third kappa shape index (κ3) is 4.54. The summed E-state index contributed by atoms with van der Waals surface area (Å²) in [6.07, 6.45) is 0. The second-order valence-electron chi connectivity index (χ2n) is 5.43. The van der Waals surface area contributed by atoms with Gasteiger partial charge in [0, 0.05) is 5.02 Å². The molecule has 0 amide bonds. The Hall–Kier alpha value is -0.880. The number of hydrogen-bond acceptors (Lipinski definition) is 1. The molecule has 1 aliphatic rings. The van der Waals surface area contributed by atoms with Gasteiger partial charge < -0.3 is 10.2 Å². The monoisotopic (exact) mass is 328 g/mol. The number of thiocarbonyl (C=S) groups is 1. The van der Waals surface area contributed by atoms with E-state index in [1.54, 1.807) is 4.90 Å². The van der Waals surface area contributed by atoms with Crippen LogP contribution in [0, 0.1) is 0 Å². The van der Waals surface area contributed by atoms with Crippen LogP contribution in [-0.4, -0.2) is 44.6 Å². The first-order valence-electron chi connectivity index (χ1n) is 7.62. The quantitative estimate of drug-likeness (QED) is 0.628. The maximum atomic E-state index is 6.09. The van der Waals surface area contributed by atoms with Crippen LogP contribution in [0.2, 0.25) is 5.02 Å². The van der Waals surface area contributed by atoms with Gasteiger partial charge in [0.05, 0.1) is 18.8 Å². The molecule has 116 valence electrons. The summed E-state index contributed by atoms with van der Waals surface area (Å²) in [5.74, 6) is 0. The molecule has 1 saturated heterocycles. The highest BCUT2D eigenvalue weighted by Gasteiger charge is 2.25. The Morgan fingerprint density at radius 3 is 2.81 bits per heavy atom. The zero-order chi connectivity index (χ0) is 15.2. The fraction of sp³-hybridized carbons (Fsp3) is 0.533. The summed E-state index contributed by atoms with van der Waals surface area (Å²) in [4.78, 5) is 5.28. The fourth-order valence-corrected chi connectivity index (χ4v) is 3.05. The molecule has 3 N–H and O–H groups in total. The summed E-state index contributed by atoms with van der Waals surface area (Å²) in [6.45, 7) is 11.0. The number of anilines is 1. The van der Waals surface area contributed by atoms with Gasteiger partial charge in [-0.05, 0) is 44.3 Å². The van der Waals surface area contributed by atoms with Crippen molar-refractivity contribution < 1.29 is 9.80 Å². The van der Waals surface area contributed by atoms with Gasteiger partial charge in [-0.3, -0.25) is 9.80 Å². The van der Waals surface area contributed by atoms with Crippen LogP contribution < -0.4 is 20.0 Å². The molecule has 0 radical (unpaired) electrons. The van der Waals surface area contributed by atoms with Gasteiger partial charge in [0.15, 0.2) is 18.4 Å². The first kappa shape index (κ1) is 16.5. The topological polar surface area (TPSA) is 24.1 Å². The van der Waals surface area contributed by atoms with E-state index in [-0.39, 0.29) is 0 Å². The fourth-order valence-electron chi connectivity index (χ4n) is 2.62. The Balaban J connectivity index is 1.97. The molecule has 1 aliphatic heterocycles. The van der Waals surface area contributed by atoms with Crippen molar-refractivity contribution in [2.45, 2.75) is 13.8 Å². The average Bonchev–Trinajstić information content (AvgIpc) is 2.49. The molecule has 2 rings (SSSR count). The molecule has 1 fully saturated rings. The Labute approximate surface area is 137 Å². The highest BCUT2D eigenvalue weighted by Crippen LogP contribution is 2.19. The van der Waals surface area contributed by atoms with Crippen molar-refractivity contribution in [3.8, 4) is 0 Å². The SMILES string of the molecule is CC[NH+](CC)CC[NH+]1CNC(=S)N(c2cccc(Cl)c2)C1. The molecular weight excluding hydrogens is 304 g/mol. The molecule has 1 aromatic carbocycles. The van der Waals surface area contributed by atoms with Crippen molar-refractivity contribution in [1.82, 2.24) is 5.32 Å². The summed E-state index contributed by atoms with van der Waals surface area (Å²) >= 11 is 11.5. The molecule has 4 nitrogen and oxygen atoms in total. The zero-order valence-electron chi connectivity index (χ0n) is 12.8. The lowest BCUT2D eigenvalue weighted by Crippen LogP contribution is -3.22. The summed E-state index contributed by atoms with van der Waals surface area (Å²) in [7, 11) is 0. The average molecular weight is 329 g/mol. The smallest absolute Gasteiger partial charge is 0.182 e. The van der Waals surface area contributed by atoms with Crippen LogP contribution in [0.4, 0.5) is 5.69 Å². The first-order valence-corrected chi connectivity index (χ1v) is 8.40. The number of hydrogen-bond donors (Lipinski definition) is 3. The van der Waals surface area contributed by atoms with E-state index < -0.39 is 0 Å². The van der Waals surface area contributed by atoms with Gasteiger partial charge in [-0.1, -0.05) is 17.7 Å². The van der Waals surface area contributed by atoms with E-state index in [1.165, 1.54) is 24.5 Å². The van der Waals surface area contributed by atoms with E-state index in [1.807, 2.05) is 18.2 Å². The maximum Gasteiger partial charge on any atom is 0.182 e. The van der Waals surface area contributed by atoms with Crippen LogP contribution >= 0.6 is 23.8 Å². The Bertz CT molecular complexity index is 478. The molecule has 21 heavy (non-hydrogen) atoms. The Kier molecular flexibility index (Phi) is 6.23. The lowest BCUT2D eigenvalue weighted by Gasteiger charge is -2.35. The van der Waals surface area contributed by atoms with Crippen molar-refractivity contribution >= 4 is 34.6 Å². The number of nitrogens with zero attached hydrogens (tertiary/aromatic N) is 1. The van der Waals surface area contributed by atoms with E-state index in [2.05, 4.69) is 30.1 Å². The molecular formula is C15H25ClN4S+2. The summed E-state index contributed by atoms with van der Waals surface area (Å²) in [6, 6.07) is 7.88. The molecule has 1 aromatic rings. The number of quaternary nitrogens is 2. The minimum atomic E-state index is 0.745. The van der Waals surface area contributed by atoms with Crippen LogP contribution in [0.1, 0.15) is 13.8 Å². The molecule has 0 aromatic heterocycles. The van der Waals surface area contributed by atoms with Crippen molar-refractivity contribution in [3.05, 3.63) is 29.3 Å². The van der Waals surface area contributed by atoms with E-state index >= 15 is 0 Å². The standard InChI is InChI=1S/C15H23ClN4S/c1-3-18(4-2)8-9-19-11-17-15(21)20(12-19)14-7-5-6-13(16)10-14/h5-7,10H,3-4,8-9,11-12H2,1-2H3,(H,17,21)/p+2. The first-order chi connectivity index (χ1) is 10.1. The van der Waals surface area contributed by atoms with Gasteiger partial charge in [-0.25, -0.2) is 0 Å². The van der Waals surface area contributed by atoms with Gasteiger partial charge in [0.1, 0.15) is 13.1 Å². The zero-order valence-corrected chi connectivity index (χ0v) is 14.4. The van der Waals surface area contributed by atoms with Gasteiger partial charge in [0.2, 0.25) is 0 Å². The molecule has 0 bridgehead atoms. The third-order valence-electron chi connectivity index (χ3n) is 4.07. The Morgan fingerprint density at radius 1 is 1.38 bits per heavy atom. The van der Waals surface area contributed by atoms with Crippen LogP contribution in [0.3, 0.4) is 0 Å². The lowest BCUT2D eigenvalue weighted by atomic mass is 10.3. The number of benzene rings is 1. The van der Waals surface area contributed by atoms with Crippen LogP contribution in [-0.2, 0) is 0 Å². The van der Waals surface area contributed by atoms with Gasteiger partial charge in [-0.15, -0.1) is 0 Å². The molecule has 1 unspecified atom stereocenters. The summed E-state index contributed by atoms with van der Waals surface area (Å²) < 4.78 is 0. The molecule has 6 heteroatoms. The number of nitrogens with one attached hydrogen (secondary N) is 3. The molecule has 0 spiro atoms. The van der Waals surface area contributed by atoms with Gasteiger partial charge in [0.25, 0.3) is 0 Å². The van der Waals surface area contributed by atoms with E-state index in [9.17, 15) is 0 Å². The maximum absolute atomic E-state index is 6.09. The molecule has 1 heterocycles. The van der Waals surface area contributed by atoms with Gasteiger partial charge in [-0.2, -0.15) is 0 Å². The number of halogens is 1. The predicted molar refractivity (Wildman–Crippen MR) is 92.1 cm³/mol. The number of rotatable bonds is 6. The van der Waals surface area contributed by atoms with Crippen LogP contribution in [0.25, 0.3) is 0 Å². The van der Waals surface area contributed by atoms with E-state index in [0.29, 0.717) is 0 Å². The van der Waals surface area contributed by atoms with E-state index in [4.69, 9.17) is 23.8 Å². The number of likely N-dealkylation sites (N-methyl/N-ethyl adjacent to an activating group) is 1. The second-order valence-corrected chi connectivity index (χ2v) is 6.25. The van der Waals surface area contributed by atoms with Crippen LogP contribution in [0.5, 0.6) is 0 Å². The lowest BCUT2D eigenvalue weighted by molar-refractivity contribution is -0.957. The Morgan fingerprint density at radius 2 is 2.14 bits per heavy atom. The summed E-state index contributed by atoms with van der Waals surface area (Å²) in [5.41, 5.74) is 1.06. The van der Waals surface area contributed by atoms with Crippen molar-refractivity contribution in [1.29, 1.82) is 0 Å². The van der Waals surface area contributed by atoms with Gasteiger partial charge >= 0.3 is 0 Å². The third-order valence-corrected chi connectivity index (χ3v) is 4.67. The normalized spacial score (nSPS) is 19.0. The highest BCUT2D eigenvalue weighted by molar-refractivity contribution is 7.80. The minimum absolute atomic E-state index is 0.745. The largest absolute Gasteiger partial charge is 0.331 e. The summed E-state index contributed by atoms with van der Waals surface area (Å²) in [5, 5.41) is 4.86. The minimum Gasteiger partial charge on any atom is -0.331 e. The van der Waals surface area contributed by atoms with Crippen molar-refractivity contribution in [2.24, 2.45) is 0 Å². The molecule has 1 atom stereocenters. The second kappa shape index (κ2) is 7.94. The predicted octanol–water partition coefficient (Wildman–Crippen LogP) is -0.241. The van der Waals surface area contributed by atoms with Crippen molar-refractivity contribution in [3.63, 3.8) is 0 Å². The highest BCUT2D eigenvalue weighted by atomic mass is 35.5. The van der Waals surface area contributed by atoms with Crippen LogP contribution in [0.15, 0.2) is 24.3 Å². The van der Waals surface area contributed by atoms with Crippen molar-refractivity contribution in [2.75, 3.05) is 44.4 Å².